The third kappa shape index (κ3) is 3.91. The first-order chi connectivity index (χ1) is 9.63. The monoisotopic (exact) mass is 315 g/mol. The molecule has 3 rings (SSSR count). The standard InChI is InChI=1S/C16H29N3O.ClH/c1-11-9-17-5-6-19(11)10-16(20)18-12(2)15-8-13-3-4-14(15)7-13;/h11-15,17H,3-10H2,1-2H3,(H,18,20);1H/t11-,12?,13?,14?,15?;/m1./s1. The van der Waals surface area contributed by atoms with Crippen molar-refractivity contribution in [2.24, 2.45) is 17.8 Å². The molecular formula is C16H30ClN3O. The summed E-state index contributed by atoms with van der Waals surface area (Å²) in [6, 6.07) is 0.823. The van der Waals surface area contributed by atoms with Crippen molar-refractivity contribution in [1.82, 2.24) is 15.5 Å². The summed E-state index contributed by atoms with van der Waals surface area (Å²) in [6.45, 7) is 7.95. The summed E-state index contributed by atoms with van der Waals surface area (Å²) in [5, 5.41) is 6.64. The summed E-state index contributed by atoms with van der Waals surface area (Å²) in [6.07, 6.45) is 5.58. The Labute approximate surface area is 134 Å². The molecule has 0 aromatic heterocycles. The zero-order valence-electron chi connectivity index (χ0n) is 13.3. The maximum absolute atomic E-state index is 12.3. The molecule has 4 unspecified atom stereocenters. The maximum atomic E-state index is 12.3. The summed E-state index contributed by atoms with van der Waals surface area (Å²) in [5.74, 6) is 2.79. The van der Waals surface area contributed by atoms with Gasteiger partial charge in [-0.05, 0) is 50.9 Å². The molecule has 5 atom stereocenters. The SMILES string of the molecule is CC(NC(=O)CN1CCNC[C@H]1C)C1CC2CCC1C2.Cl. The topological polar surface area (TPSA) is 44.4 Å². The second-order valence-electron chi connectivity index (χ2n) is 7.22. The van der Waals surface area contributed by atoms with E-state index in [-0.39, 0.29) is 18.3 Å². The van der Waals surface area contributed by atoms with Crippen molar-refractivity contribution in [3.05, 3.63) is 0 Å². The molecule has 3 aliphatic rings. The fraction of sp³-hybridized carbons (Fsp3) is 0.938. The lowest BCUT2D eigenvalue weighted by molar-refractivity contribution is -0.124. The number of carbonyl (C=O) groups excluding carboxylic acids is 1. The number of fused-ring (bicyclic) bond motifs is 2. The van der Waals surface area contributed by atoms with E-state index in [1.165, 1.54) is 25.7 Å². The second-order valence-corrected chi connectivity index (χ2v) is 7.22. The Hall–Kier alpha value is -0.320. The van der Waals surface area contributed by atoms with Gasteiger partial charge in [-0.1, -0.05) is 6.42 Å². The number of piperazine rings is 1. The minimum Gasteiger partial charge on any atom is -0.352 e. The predicted octanol–water partition coefficient (Wildman–Crippen LogP) is 1.64. The number of halogens is 1. The summed E-state index contributed by atoms with van der Waals surface area (Å²) in [4.78, 5) is 14.5. The van der Waals surface area contributed by atoms with Crippen molar-refractivity contribution in [3.8, 4) is 0 Å². The first kappa shape index (κ1) is 17.0. The molecule has 5 heteroatoms. The quantitative estimate of drug-likeness (QED) is 0.829. The molecule has 2 aliphatic carbocycles. The first-order valence-electron chi connectivity index (χ1n) is 8.37. The van der Waals surface area contributed by atoms with Crippen LogP contribution in [0, 0.1) is 17.8 Å². The lowest BCUT2D eigenvalue weighted by Crippen LogP contribution is -2.54. The Morgan fingerprint density at radius 3 is 2.81 bits per heavy atom. The fourth-order valence-electron chi connectivity index (χ4n) is 4.62. The average molecular weight is 316 g/mol. The van der Waals surface area contributed by atoms with Gasteiger partial charge in [0.15, 0.2) is 0 Å². The van der Waals surface area contributed by atoms with Crippen LogP contribution in [-0.2, 0) is 4.79 Å². The van der Waals surface area contributed by atoms with E-state index in [1.54, 1.807) is 0 Å². The number of nitrogens with zero attached hydrogens (tertiary/aromatic N) is 1. The molecule has 0 aromatic rings. The van der Waals surface area contributed by atoms with Crippen molar-refractivity contribution < 1.29 is 4.79 Å². The van der Waals surface area contributed by atoms with Crippen molar-refractivity contribution >= 4 is 18.3 Å². The van der Waals surface area contributed by atoms with Crippen molar-refractivity contribution in [2.45, 2.75) is 51.6 Å². The zero-order valence-corrected chi connectivity index (χ0v) is 14.1. The Morgan fingerprint density at radius 2 is 2.19 bits per heavy atom. The number of nitrogens with one attached hydrogen (secondary N) is 2. The lowest BCUT2D eigenvalue weighted by Gasteiger charge is -2.34. The van der Waals surface area contributed by atoms with Crippen LogP contribution >= 0.6 is 12.4 Å². The van der Waals surface area contributed by atoms with Gasteiger partial charge in [0.25, 0.3) is 0 Å². The van der Waals surface area contributed by atoms with Crippen LogP contribution in [0.1, 0.15) is 39.5 Å². The first-order valence-corrected chi connectivity index (χ1v) is 8.37. The molecule has 2 bridgehead atoms. The van der Waals surface area contributed by atoms with Gasteiger partial charge in [-0.3, -0.25) is 9.69 Å². The molecule has 21 heavy (non-hydrogen) atoms. The van der Waals surface area contributed by atoms with Crippen molar-refractivity contribution in [3.63, 3.8) is 0 Å². The Bertz CT molecular complexity index is 365. The minimum absolute atomic E-state index is 0. The van der Waals surface area contributed by atoms with Gasteiger partial charge in [0.2, 0.25) is 5.91 Å². The molecule has 122 valence electrons. The van der Waals surface area contributed by atoms with E-state index >= 15 is 0 Å². The third-order valence-corrected chi connectivity index (χ3v) is 5.81. The van der Waals surface area contributed by atoms with E-state index < -0.39 is 0 Å². The normalized spacial score (nSPS) is 37.0. The van der Waals surface area contributed by atoms with E-state index in [2.05, 4.69) is 29.4 Å². The largest absolute Gasteiger partial charge is 0.352 e. The van der Waals surface area contributed by atoms with E-state index in [1.807, 2.05) is 0 Å². The van der Waals surface area contributed by atoms with Gasteiger partial charge in [-0.2, -0.15) is 0 Å². The van der Waals surface area contributed by atoms with Gasteiger partial charge in [-0.25, -0.2) is 0 Å². The van der Waals surface area contributed by atoms with Gasteiger partial charge in [0, 0.05) is 31.7 Å². The number of amides is 1. The van der Waals surface area contributed by atoms with Gasteiger partial charge >= 0.3 is 0 Å². The smallest absolute Gasteiger partial charge is 0.234 e. The predicted molar refractivity (Wildman–Crippen MR) is 87.7 cm³/mol. The lowest BCUT2D eigenvalue weighted by atomic mass is 9.84. The Kier molecular flexibility index (Phi) is 5.92. The zero-order chi connectivity index (χ0) is 14.1. The van der Waals surface area contributed by atoms with Crippen LogP contribution in [0.4, 0.5) is 0 Å². The fourth-order valence-corrected chi connectivity index (χ4v) is 4.62. The number of hydrogen-bond donors (Lipinski definition) is 2. The summed E-state index contributed by atoms with van der Waals surface area (Å²) < 4.78 is 0. The van der Waals surface area contributed by atoms with E-state index in [4.69, 9.17) is 0 Å². The van der Waals surface area contributed by atoms with Crippen LogP contribution in [0.5, 0.6) is 0 Å². The van der Waals surface area contributed by atoms with Crippen molar-refractivity contribution in [1.29, 1.82) is 0 Å². The van der Waals surface area contributed by atoms with Crippen LogP contribution in [0.3, 0.4) is 0 Å². The molecule has 1 saturated heterocycles. The number of hydrogen-bond acceptors (Lipinski definition) is 3. The van der Waals surface area contributed by atoms with Crippen LogP contribution < -0.4 is 10.6 Å². The second kappa shape index (κ2) is 7.30. The molecule has 2 saturated carbocycles. The Morgan fingerprint density at radius 1 is 1.38 bits per heavy atom. The molecule has 1 amide bonds. The minimum atomic E-state index is 0. The highest BCUT2D eigenvalue weighted by atomic mass is 35.5. The van der Waals surface area contributed by atoms with Crippen molar-refractivity contribution in [2.75, 3.05) is 26.2 Å². The molecule has 0 aromatic carbocycles. The van der Waals surface area contributed by atoms with Gasteiger partial charge < -0.3 is 10.6 Å². The highest BCUT2D eigenvalue weighted by Crippen LogP contribution is 2.49. The molecular weight excluding hydrogens is 286 g/mol. The molecule has 1 heterocycles. The number of carbonyl (C=O) groups is 1. The maximum Gasteiger partial charge on any atom is 0.234 e. The van der Waals surface area contributed by atoms with Gasteiger partial charge in [-0.15, -0.1) is 12.4 Å². The Balaban J connectivity index is 0.00000161. The van der Waals surface area contributed by atoms with Gasteiger partial charge in [0.1, 0.15) is 0 Å². The molecule has 4 nitrogen and oxygen atoms in total. The number of rotatable bonds is 4. The average Bonchev–Trinajstić information content (AvgIpc) is 3.03. The van der Waals surface area contributed by atoms with Gasteiger partial charge in [0.05, 0.1) is 6.54 Å². The van der Waals surface area contributed by atoms with Crippen LogP contribution in [0.25, 0.3) is 0 Å². The molecule has 3 fully saturated rings. The summed E-state index contributed by atoms with van der Waals surface area (Å²) >= 11 is 0. The highest BCUT2D eigenvalue weighted by molar-refractivity contribution is 5.85. The van der Waals surface area contributed by atoms with Crippen LogP contribution in [0.15, 0.2) is 0 Å². The molecule has 2 N–H and O–H groups in total. The van der Waals surface area contributed by atoms with E-state index in [0.717, 1.165) is 37.4 Å². The molecule has 0 radical (unpaired) electrons. The summed E-state index contributed by atoms with van der Waals surface area (Å²) in [5.41, 5.74) is 0. The summed E-state index contributed by atoms with van der Waals surface area (Å²) in [7, 11) is 0. The van der Waals surface area contributed by atoms with Crippen LogP contribution in [0.2, 0.25) is 0 Å². The molecule has 1 aliphatic heterocycles. The van der Waals surface area contributed by atoms with E-state index in [9.17, 15) is 4.79 Å². The third-order valence-electron chi connectivity index (χ3n) is 5.81. The van der Waals surface area contributed by atoms with E-state index in [0.29, 0.717) is 18.6 Å². The van der Waals surface area contributed by atoms with Crippen LogP contribution in [-0.4, -0.2) is 49.1 Å². The highest BCUT2D eigenvalue weighted by Gasteiger charge is 2.42. The molecule has 0 spiro atoms.